The SMILES string of the molecule is COc1n[nH]c2ncc(-c3cn(-c4c(F)ccc(NS(=O)(=O)c5cnc[nH]5)c4F)nn3)cc12. The van der Waals surface area contributed by atoms with Crippen molar-refractivity contribution in [3.05, 3.63) is 54.8 Å². The average molecular weight is 473 g/mol. The van der Waals surface area contributed by atoms with Crippen molar-refractivity contribution < 1.29 is 21.9 Å². The summed E-state index contributed by atoms with van der Waals surface area (Å²) in [5.41, 5.74) is 0.135. The molecule has 0 spiro atoms. The van der Waals surface area contributed by atoms with E-state index < -0.39 is 33.0 Å². The summed E-state index contributed by atoms with van der Waals surface area (Å²) in [6.45, 7) is 0. The highest BCUT2D eigenvalue weighted by Crippen LogP contribution is 2.29. The fraction of sp³-hybridized carbons (Fsp3) is 0.0556. The molecule has 5 aromatic rings. The van der Waals surface area contributed by atoms with Crippen LogP contribution in [-0.2, 0) is 10.0 Å². The number of pyridine rings is 1. The minimum absolute atomic E-state index is 0.259. The molecule has 0 radical (unpaired) electrons. The summed E-state index contributed by atoms with van der Waals surface area (Å²) < 4.78 is 62.5. The smallest absolute Gasteiger partial charge is 0.279 e. The molecule has 12 nitrogen and oxygen atoms in total. The van der Waals surface area contributed by atoms with Gasteiger partial charge in [-0.2, -0.15) is 8.42 Å². The van der Waals surface area contributed by atoms with E-state index in [-0.39, 0.29) is 10.7 Å². The number of methoxy groups -OCH3 is 1. The number of nitrogens with zero attached hydrogens (tertiary/aromatic N) is 6. The van der Waals surface area contributed by atoms with Gasteiger partial charge in [0.15, 0.2) is 22.3 Å². The molecule has 5 rings (SSSR count). The molecule has 0 saturated heterocycles. The lowest BCUT2D eigenvalue weighted by molar-refractivity contribution is 0.401. The molecule has 0 bridgehead atoms. The zero-order chi connectivity index (χ0) is 23.2. The molecule has 0 amide bonds. The maximum Gasteiger partial charge on any atom is 0.279 e. The number of aromatic nitrogens is 8. The van der Waals surface area contributed by atoms with Gasteiger partial charge in [-0.3, -0.25) is 9.82 Å². The van der Waals surface area contributed by atoms with Crippen LogP contribution >= 0.6 is 0 Å². The molecule has 0 aliphatic heterocycles. The van der Waals surface area contributed by atoms with Gasteiger partial charge in [-0.05, 0) is 18.2 Å². The van der Waals surface area contributed by atoms with Crippen molar-refractivity contribution in [2.24, 2.45) is 0 Å². The quantitative estimate of drug-likeness (QED) is 0.338. The molecule has 0 unspecified atom stereocenters. The first-order valence-corrected chi connectivity index (χ1v) is 10.7. The number of imidazole rings is 1. The second kappa shape index (κ2) is 7.63. The summed E-state index contributed by atoms with van der Waals surface area (Å²) in [4.78, 5) is 10.2. The second-order valence-electron chi connectivity index (χ2n) is 6.68. The minimum atomic E-state index is -4.17. The minimum Gasteiger partial charge on any atom is -0.479 e. The summed E-state index contributed by atoms with van der Waals surface area (Å²) in [7, 11) is -2.71. The number of anilines is 1. The molecule has 0 aliphatic rings. The maximum absolute atomic E-state index is 15.1. The van der Waals surface area contributed by atoms with Crippen LogP contribution in [0.25, 0.3) is 28.0 Å². The van der Waals surface area contributed by atoms with Crippen LogP contribution in [0.1, 0.15) is 0 Å². The lowest BCUT2D eigenvalue weighted by atomic mass is 10.2. The molecule has 4 aromatic heterocycles. The summed E-state index contributed by atoms with van der Waals surface area (Å²) in [5, 5.41) is 14.7. The van der Waals surface area contributed by atoms with Gasteiger partial charge in [-0.25, -0.2) is 23.4 Å². The van der Waals surface area contributed by atoms with Gasteiger partial charge >= 0.3 is 0 Å². The Bertz CT molecular complexity index is 1580. The largest absolute Gasteiger partial charge is 0.479 e. The van der Waals surface area contributed by atoms with E-state index in [0.29, 0.717) is 22.5 Å². The topological polar surface area (TPSA) is 156 Å². The van der Waals surface area contributed by atoms with E-state index in [4.69, 9.17) is 4.74 Å². The Hall–Kier alpha value is -4.40. The molecule has 4 heterocycles. The third kappa shape index (κ3) is 3.53. The molecule has 15 heteroatoms. The van der Waals surface area contributed by atoms with E-state index in [0.717, 1.165) is 29.3 Å². The third-order valence-corrected chi connectivity index (χ3v) is 5.96. The van der Waals surface area contributed by atoms with Crippen molar-refractivity contribution in [2.45, 2.75) is 5.03 Å². The Labute approximate surface area is 183 Å². The fourth-order valence-electron chi connectivity index (χ4n) is 3.10. The average Bonchev–Trinajstić information content (AvgIpc) is 3.56. The normalized spacial score (nSPS) is 11.7. The van der Waals surface area contributed by atoms with Gasteiger partial charge in [0, 0.05) is 11.8 Å². The lowest BCUT2D eigenvalue weighted by Gasteiger charge is -2.11. The Balaban J connectivity index is 1.53. The van der Waals surface area contributed by atoms with Gasteiger partial charge in [0.2, 0.25) is 5.88 Å². The predicted octanol–water partition coefficient (Wildman–Crippen LogP) is 2.02. The number of ether oxygens (including phenoxy) is 1. The molecule has 33 heavy (non-hydrogen) atoms. The molecule has 3 N–H and O–H groups in total. The zero-order valence-electron chi connectivity index (χ0n) is 16.6. The number of aromatic amines is 2. The summed E-state index contributed by atoms with van der Waals surface area (Å²) in [5.74, 6) is -1.83. The molecule has 0 aliphatic carbocycles. The number of hydrogen-bond donors (Lipinski definition) is 3. The van der Waals surface area contributed by atoms with E-state index in [1.807, 2.05) is 0 Å². The lowest BCUT2D eigenvalue weighted by Crippen LogP contribution is -2.16. The Kier molecular flexibility index (Phi) is 4.74. The van der Waals surface area contributed by atoms with Crippen LogP contribution in [0.2, 0.25) is 0 Å². The van der Waals surface area contributed by atoms with Crippen LogP contribution in [-0.4, -0.2) is 55.7 Å². The van der Waals surface area contributed by atoms with E-state index in [2.05, 4.69) is 40.2 Å². The van der Waals surface area contributed by atoms with Crippen molar-refractivity contribution in [1.82, 2.24) is 40.1 Å². The number of rotatable bonds is 6. The summed E-state index contributed by atoms with van der Waals surface area (Å²) >= 11 is 0. The first-order chi connectivity index (χ1) is 15.9. The van der Waals surface area contributed by atoms with Gasteiger partial charge in [-0.15, -0.1) is 10.2 Å². The molecule has 1 aromatic carbocycles. The summed E-state index contributed by atoms with van der Waals surface area (Å²) in [6.07, 6.45) is 4.97. The fourth-order valence-corrected chi connectivity index (χ4v) is 4.07. The number of nitrogens with one attached hydrogen (secondary N) is 3. The van der Waals surface area contributed by atoms with Crippen LogP contribution in [0, 0.1) is 11.6 Å². The molecule has 0 atom stereocenters. The number of hydrogen-bond acceptors (Lipinski definition) is 8. The Morgan fingerprint density at radius 1 is 1.21 bits per heavy atom. The Morgan fingerprint density at radius 3 is 2.82 bits per heavy atom. The molecule has 168 valence electrons. The van der Waals surface area contributed by atoms with E-state index in [9.17, 15) is 12.8 Å². The van der Waals surface area contributed by atoms with Crippen molar-refractivity contribution in [2.75, 3.05) is 11.8 Å². The van der Waals surface area contributed by atoms with Crippen molar-refractivity contribution >= 4 is 26.7 Å². The second-order valence-corrected chi connectivity index (χ2v) is 8.33. The van der Waals surface area contributed by atoms with Crippen LogP contribution in [0.15, 0.2) is 48.1 Å². The highest BCUT2D eigenvalue weighted by Gasteiger charge is 2.23. The Morgan fingerprint density at radius 2 is 2.06 bits per heavy atom. The molecule has 0 fully saturated rings. The maximum atomic E-state index is 15.1. The van der Waals surface area contributed by atoms with Crippen molar-refractivity contribution in [3.63, 3.8) is 0 Å². The number of H-pyrrole nitrogens is 2. The van der Waals surface area contributed by atoms with E-state index in [1.54, 1.807) is 6.07 Å². The van der Waals surface area contributed by atoms with Crippen LogP contribution < -0.4 is 9.46 Å². The van der Waals surface area contributed by atoms with E-state index in [1.165, 1.54) is 19.5 Å². The predicted molar refractivity (Wildman–Crippen MR) is 110 cm³/mol. The molecular weight excluding hydrogens is 460 g/mol. The van der Waals surface area contributed by atoms with Crippen LogP contribution in [0.5, 0.6) is 5.88 Å². The van der Waals surface area contributed by atoms with E-state index >= 15 is 4.39 Å². The third-order valence-electron chi connectivity index (χ3n) is 4.67. The first kappa shape index (κ1) is 20.5. The van der Waals surface area contributed by atoms with Crippen LogP contribution in [0.4, 0.5) is 14.5 Å². The number of sulfonamides is 1. The van der Waals surface area contributed by atoms with Gasteiger partial charge in [0.1, 0.15) is 11.4 Å². The van der Waals surface area contributed by atoms with Gasteiger partial charge in [0.05, 0.1) is 36.9 Å². The standard InChI is InChI=1S/C18H13F2N9O3S/c1-32-18-10-4-9(5-22-17(10)25-26-18)13-7-29(28-24-13)16-11(19)2-3-12(15(16)20)27-33(30,31)14-6-21-8-23-14/h2-8,27H,1H3,(H,21,23)(H,22,25,26). The van der Waals surface area contributed by atoms with Gasteiger partial charge < -0.3 is 9.72 Å². The summed E-state index contributed by atoms with van der Waals surface area (Å²) in [6, 6.07) is 3.55. The molecule has 0 saturated carbocycles. The van der Waals surface area contributed by atoms with Crippen molar-refractivity contribution in [1.29, 1.82) is 0 Å². The zero-order valence-corrected chi connectivity index (χ0v) is 17.4. The highest BCUT2D eigenvalue weighted by molar-refractivity contribution is 7.92. The van der Waals surface area contributed by atoms with Gasteiger partial charge in [-0.1, -0.05) is 5.21 Å². The monoisotopic (exact) mass is 473 g/mol. The van der Waals surface area contributed by atoms with Gasteiger partial charge in [0.25, 0.3) is 10.0 Å². The van der Waals surface area contributed by atoms with Crippen molar-refractivity contribution in [3.8, 4) is 22.8 Å². The number of fused-ring (bicyclic) bond motifs is 1. The molecular formula is C18H13F2N9O3S. The first-order valence-electron chi connectivity index (χ1n) is 9.18. The van der Waals surface area contributed by atoms with Crippen LogP contribution in [0.3, 0.4) is 0 Å². The highest BCUT2D eigenvalue weighted by atomic mass is 32.2. The number of benzene rings is 1. The number of halogens is 2.